The predicted octanol–water partition coefficient (Wildman–Crippen LogP) is 1.65. The molecule has 0 aliphatic carbocycles. The topological polar surface area (TPSA) is 77.2 Å². The second kappa shape index (κ2) is 6.44. The Labute approximate surface area is 126 Å². The van der Waals surface area contributed by atoms with Crippen molar-refractivity contribution in [3.05, 3.63) is 36.2 Å². The van der Waals surface area contributed by atoms with Crippen LogP contribution >= 0.6 is 0 Å². The summed E-state index contributed by atoms with van der Waals surface area (Å²) in [6.07, 6.45) is -3.01. The Balaban J connectivity index is 2.02. The van der Waals surface area contributed by atoms with Crippen LogP contribution in [0, 0.1) is 0 Å². The first-order valence-electron chi connectivity index (χ1n) is 6.01. The second-order valence-corrected chi connectivity index (χ2v) is 5.61. The maximum atomic E-state index is 12.0. The van der Waals surface area contributed by atoms with Crippen molar-refractivity contribution in [3.8, 4) is 5.75 Å². The van der Waals surface area contributed by atoms with Gasteiger partial charge in [-0.15, -0.1) is 18.3 Å². The van der Waals surface area contributed by atoms with E-state index in [0.29, 0.717) is 5.56 Å². The number of aliphatic hydroxyl groups excluding tert-OH is 1. The highest BCUT2D eigenvalue weighted by molar-refractivity contribution is 7.84. The van der Waals surface area contributed by atoms with Crippen molar-refractivity contribution < 1.29 is 27.2 Å². The van der Waals surface area contributed by atoms with Gasteiger partial charge in [0.25, 0.3) is 0 Å². The standard InChI is InChI=1S/C12H12F3N3O3S/c1-22(20)11-16-7-18(17-11)6-10(19)8-2-4-9(5-3-8)21-12(13,14)15/h2-5,7,10,19H,6H2,1H3/t10-,22+/m1/s1. The highest BCUT2D eigenvalue weighted by Gasteiger charge is 2.31. The molecule has 0 aliphatic rings. The summed E-state index contributed by atoms with van der Waals surface area (Å²) in [5.74, 6) is -0.368. The molecule has 2 rings (SSSR count). The fourth-order valence-corrected chi connectivity index (χ4v) is 2.09. The van der Waals surface area contributed by atoms with Crippen LogP contribution in [0.4, 0.5) is 13.2 Å². The third-order valence-corrected chi connectivity index (χ3v) is 3.33. The van der Waals surface area contributed by atoms with Gasteiger partial charge in [-0.3, -0.25) is 4.21 Å². The molecule has 2 atom stereocenters. The number of alkyl halides is 3. The largest absolute Gasteiger partial charge is 0.573 e. The SMILES string of the molecule is C[S@](=O)c1ncn(C[C@@H](O)c2ccc(OC(F)(F)F)cc2)n1. The smallest absolute Gasteiger partial charge is 0.406 e. The summed E-state index contributed by atoms with van der Waals surface area (Å²) in [6.45, 7) is 0.0314. The fraction of sp³-hybridized carbons (Fsp3) is 0.333. The molecule has 6 nitrogen and oxygen atoms in total. The van der Waals surface area contributed by atoms with Crippen molar-refractivity contribution in [1.82, 2.24) is 14.8 Å². The Morgan fingerprint density at radius 2 is 2.00 bits per heavy atom. The number of aliphatic hydroxyl groups is 1. The highest BCUT2D eigenvalue weighted by atomic mass is 32.2. The Kier molecular flexibility index (Phi) is 4.81. The minimum atomic E-state index is -4.76. The normalized spacial score (nSPS) is 14.6. The molecular weight excluding hydrogens is 323 g/mol. The molecule has 1 aromatic carbocycles. The molecule has 0 saturated carbocycles. The van der Waals surface area contributed by atoms with Crippen molar-refractivity contribution in [2.45, 2.75) is 24.2 Å². The summed E-state index contributed by atoms with van der Waals surface area (Å²) < 4.78 is 52.3. The van der Waals surface area contributed by atoms with E-state index in [-0.39, 0.29) is 17.5 Å². The molecule has 22 heavy (non-hydrogen) atoms. The maximum Gasteiger partial charge on any atom is 0.573 e. The van der Waals surface area contributed by atoms with E-state index in [4.69, 9.17) is 0 Å². The number of aromatic nitrogens is 3. The minimum absolute atomic E-state index is 0.0314. The fourth-order valence-electron chi connectivity index (χ4n) is 1.67. The molecule has 1 aromatic heterocycles. The monoisotopic (exact) mass is 335 g/mol. The first-order valence-corrected chi connectivity index (χ1v) is 7.57. The Morgan fingerprint density at radius 1 is 1.36 bits per heavy atom. The molecule has 1 heterocycles. The van der Waals surface area contributed by atoms with Gasteiger partial charge in [0.1, 0.15) is 12.1 Å². The zero-order valence-corrected chi connectivity index (χ0v) is 12.1. The zero-order valence-electron chi connectivity index (χ0n) is 11.3. The lowest BCUT2D eigenvalue weighted by atomic mass is 10.1. The van der Waals surface area contributed by atoms with E-state index < -0.39 is 23.3 Å². The number of hydrogen-bond donors (Lipinski definition) is 1. The van der Waals surface area contributed by atoms with Gasteiger partial charge < -0.3 is 9.84 Å². The molecule has 0 amide bonds. The van der Waals surface area contributed by atoms with Crippen molar-refractivity contribution >= 4 is 10.8 Å². The van der Waals surface area contributed by atoms with Crippen molar-refractivity contribution in [2.75, 3.05) is 6.26 Å². The number of ether oxygens (including phenoxy) is 1. The second-order valence-electron chi connectivity index (χ2n) is 4.34. The molecule has 10 heteroatoms. The molecular formula is C12H12F3N3O3S. The number of halogens is 3. The van der Waals surface area contributed by atoms with Gasteiger partial charge in [-0.2, -0.15) is 0 Å². The molecule has 2 aromatic rings. The quantitative estimate of drug-likeness (QED) is 0.899. The van der Waals surface area contributed by atoms with Crippen LogP contribution in [0.15, 0.2) is 35.7 Å². The van der Waals surface area contributed by atoms with Gasteiger partial charge in [0, 0.05) is 6.26 Å². The molecule has 0 spiro atoms. The van der Waals surface area contributed by atoms with Gasteiger partial charge in [-0.1, -0.05) is 12.1 Å². The molecule has 0 saturated heterocycles. The highest BCUT2D eigenvalue weighted by Crippen LogP contribution is 2.24. The summed E-state index contributed by atoms with van der Waals surface area (Å²) in [5.41, 5.74) is 0.393. The lowest BCUT2D eigenvalue weighted by molar-refractivity contribution is -0.274. The van der Waals surface area contributed by atoms with E-state index in [2.05, 4.69) is 14.8 Å². The van der Waals surface area contributed by atoms with Gasteiger partial charge in [0.2, 0.25) is 5.16 Å². The van der Waals surface area contributed by atoms with E-state index in [9.17, 15) is 22.5 Å². The van der Waals surface area contributed by atoms with Crippen molar-refractivity contribution in [3.63, 3.8) is 0 Å². The number of benzene rings is 1. The number of nitrogens with zero attached hydrogens (tertiary/aromatic N) is 3. The van der Waals surface area contributed by atoms with Crippen LogP contribution in [-0.2, 0) is 17.3 Å². The summed E-state index contributed by atoms with van der Waals surface area (Å²) in [7, 11) is -1.33. The van der Waals surface area contributed by atoms with Crippen LogP contribution in [0.3, 0.4) is 0 Å². The summed E-state index contributed by atoms with van der Waals surface area (Å²) in [4.78, 5) is 3.81. The molecule has 1 N–H and O–H groups in total. The van der Waals surface area contributed by atoms with Crippen LogP contribution in [0.5, 0.6) is 5.75 Å². The molecule has 0 bridgehead atoms. The molecule has 0 unspecified atom stereocenters. The first-order chi connectivity index (χ1) is 10.2. The molecule has 0 fully saturated rings. The Bertz CT molecular complexity index is 658. The summed E-state index contributed by atoms with van der Waals surface area (Å²) >= 11 is 0. The van der Waals surface area contributed by atoms with Gasteiger partial charge >= 0.3 is 6.36 Å². The van der Waals surface area contributed by atoms with Crippen molar-refractivity contribution in [2.24, 2.45) is 0 Å². The number of hydrogen-bond acceptors (Lipinski definition) is 5. The van der Waals surface area contributed by atoms with E-state index >= 15 is 0 Å². The summed E-state index contributed by atoms with van der Waals surface area (Å²) in [5, 5.41) is 14.1. The van der Waals surface area contributed by atoms with E-state index in [0.717, 1.165) is 12.1 Å². The van der Waals surface area contributed by atoms with Gasteiger partial charge in [-0.25, -0.2) is 9.67 Å². The third kappa shape index (κ3) is 4.53. The minimum Gasteiger partial charge on any atom is -0.406 e. The Morgan fingerprint density at radius 3 is 2.50 bits per heavy atom. The lowest BCUT2D eigenvalue weighted by Crippen LogP contribution is -2.17. The van der Waals surface area contributed by atoms with Gasteiger partial charge in [0.05, 0.1) is 23.4 Å². The average Bonchev–Trinajstić information content (AvgIpc) is 2.86. The predicted molar refractivity (Wildman–Crippen MR) is 70.4 cm³/mol. The first kappa shape index (κ1) is 16.4. The number of rotatable bonds is 5. The van der Waals surface area contributed by atoms with Crippen LogP contribution < -0.4 is 4.74 Å². The third-order valence-electron chi connectivity index (χ3n) is 2.63. The van der Waals surface area contributed by atoms with Crippen LogP contribution in [0.1, 0.15) is 11.7 Å². The van der Waals surface area contributed by atoms with Gasteiger partial charge in [-0.05, 0) is 17.7 Å². The van der Waals surface area contributed by atoms with E-state index in [1.807, 2.05) is 0 Å². The van der Waals surface area contributed by atoms with Gasteiger partial charge in [0.15, 0.2) is 0 Å². The van der Waals surface area contributed by atoms with E-state index in [1.54, 1.807) is 0 Å². The lowest BCUT2D eigenvalue weighted by Gasteiger charge is -2.12. The zero-order chi connectivity index (χ0) is 16.3. The molecule has 120 valence electrons. The Hall–Kier alpha value is -1.94. The summed E-state index contributed by atoms with van der Waals surface area (Å²) in [6, 6.07) is 4.86. The molecule has 0 aliphatic heterocycles. The molecule has 0 radical (unpaired) electrons. The van der Waals surface area contributed by atoms with Crippen LogP contribution in [0.25, 0.3) is 0 Å². The van der Waals surface area contributed by atoms with E-state index in [1.165, 1.54) is 29.4 Å². The maximum absolute atomic E-state index is 12.0. The van der Waals surface area contributed by atoms with Crippen LogP contribution in [0.2, 0.25) is 0 Å². The van der Waals surface area contributed by atoms with Crippen molar-refractivity contribution in [1.29, 1.82) is 0 Å². The average molecular weight is 335 g/mol. The van der Waals surface area contributed by atoms with Crippen LogP contribution in [-0.4, -0.2) is 36.7 Å².